The van der Waals surface area contributed by atoms with E-state index in [4.69, 9.17) is 18.6 Å². The van der Waals surface area contributed by atoms with E-state index in [9.17, 15) is 29.4 Å². The van der Waals surface area contributed by atoms with E-state index < -0.39 is 23.1 Å². The van der Waals surface area contributed by atoms with E-state index in [1.807, 2.05) is 18.2 Å². The van der Waals surface area contributed by atoms with Crippen LogP contribution in [0.4, 0.5) is 5.69 Å². The number of nitrogens with zero attached hydrogens (tertiary/aromatic N) is 1. The van der Waals surface area contributed by atoms with Crippen LogP contribution in [0.3, 0.4) is 0 Å². The zero-order valence-electron chi connectivity index (χ0n) is 34.9. The molecule has 1 amide bonds. The number of fused-ring (bicyclic) bond motifs is 7. The number of phenols is 2. The molecule has 1 aromatic heterocycles. The Bertz CT molecular complexity index is 2850. The molecule has 1 saturated carbocycles. The van der Waals surface area contributed by atoms with Crippen molar-refractivity contribution in [2.24, 2.45) is 5.92 Å². The van der Waals surface area contributed by atoms with Crippen LogP contribution < -0.4 is 25.3 Å². The standard InChI is InChI=1S/C50H46N2O10/c1-5-52(6-2)33-13-9-31-23-38(48(57)61-43(31)24-33)47(56)51-32-11-7-29(8-12-32)21-42(54)30-10-16-39-37(22-30)49(58)62-50(39)40-17-14-34(53)25-44(40)60-45-26-35(15-18-41(45)50)59-36-19-27(3)46(55)28(4)20-36/h9-10,13-20,22-26,29,32,53,55H,5-8,11-12,21H2,1-4H3,(H,51,56). The number of aromatic hydroxyl groups is 2. The van der Waals surface area contributed by atoms with Gasteiger partial charge in [0.15, 0.2) is 11.4 Å². The van der Waals surface area contributed by atoms with Gasteiger partial charge in [-0.25, -0.2) is 9.59 Å². The molecule has 1 spiro atoms. The molecule has 1 unspecified atom stereocenters. The molecule has 1 atom stereocenters. The highest BCUT2D eigenvalue weighted by Gasteiger charge is 2.54. The summed E-state index contributed by atoms with van der Waals surface area (Å²) >= 11 is 0. The van der Waals surface area contributed by atoms with Gasteiger partial charge in [0, 0.05) is 77.1 Å². The van der Waals surface area contributed by atoms with Gasteiger partial charge in [0.25, 0.3) is 5.91 Å². The van der Waals surface area contributed by atoms with Crippen molar-refractivity contribution in [2.45, 2.75) is 71.4 Å². The highest BCUT2D eigenvalue weighted by molar-refractivity contribution is 6.02. The van der Waals surface area contributed by atoms with E-state index in [0.717, 1.165) is 18.8 Å². The molecule has 1 aliphatic carbocycles. The lowest BCUT2D eigenvalue weighted by Gasteiger charge is -2.36. The molecular formula is C50H46N2O10. The smallest absolute Gasteiger partial charge is 0.349 e. The second-order valence-corrected chi connectivity index (χ2v) is 16.4. The summed E-state index contributed by atoms with van der Waals surface area (Å²) in [5, 5.41) is 24.4. The molecule has 0 bridgehead atoms. The van der Waals surface area contributed by atoms with Gasteiger partial charge in [-0.1, -0.05) is 12.1 Å². The average molecular weight is 835 g/mol. The van der Waals surface area contributed by atoms with Gasteiger partial charge in [0.05, 0.1) is 5.56 Å². The third-order valence-corrected chi connectivity index (χ3v) is 12.5. The SMILES string of the molecule is CCN(CC)c1ccc2cc(C(=O)NC3CCC(CC(=O)c4ccc5c(c4)C(=O)OC54c5ccc(O)cc5Oc5cc(Oc6cc(C)c(O)c(C)c6)ccc54)CC3)c(=O)oc2c1. The van der Waals surface area contributed by atoms with Gasteiger partial charge in [-0.05, 0) is 131 Å². The summed E-state index contributed by atoms with van der Waals surface area (Å²) in [6.07, 6.45) is 2.96. The number of hydrogen-bond donors (Lipinski definition) is 3. The number of hydrogen-bond acceptors (Lipinski definition) is 11. The first kappa shape index (κ1) is 40.3. The molecule has 5 aromatic carbocycles. The predicted octanol–water partition coefficient (Wildman–Crippen LogP) is 9.59. The fourth-order valence-electron chi connectivity index (χ4n) is 9.24. The fraction of sp³-hybridized carbons (Fsp3) is 0.280. The van der Waals surface area contributed by atoms with E-state index in [1.165, 1.54) is 12.1 Å². The molecule has 0 saturated heterocycles. The van der Waals surface area contributed by atoms with Crippen LogP contribution >= 0.6 is 0 Å². The minimum atomic E-state index is -1.43. The number of aryl methyl sites for hydroxylation is 2. The highest BCUT2D eigenvalue weighted by Crippen LogP contribution is 2.57. The van der Waals surface area contributed by atoms with E-state index in [0.29, 0.717) is 93.0 Å². The van der Waals surface area contributed by atoms with Crippen molar-refractivity contribution in [3.05, 3.63) is 146 Å². The molecule has 1 fully saturated rings. The van der Waals surface area contributed by atoms with Gasteiger partial charge in [0.1, 0.15) is 45.6 Å². The maximum atomic E-state index is 13.8. The number of ketones is 1. The second kappa shape index (κ2) is 15.7. The van der Waals surface area contributed by atoms with Crippen molar-refractivity contribution < 1.29 is 43.2 Å². The number of nitrogens with one attached hydrogen (secondary N) is 1. The summed E-state index contributed by atoms with van der Waals surface area (Å²) in [4.78, 5) is 56.0. The lowest BCUT2D eigenvalue weighted by atomic mass is 9.77. The number of amides is 1. The van der Waals surface area contributed by atoms with Crippen LogP contribution in [0.25, 0.3) is 11.0 Å². The Hall–Kier alpha value is -7.08. The van der Waals surface area contributed by atoms with Crippen molar-refractivity contribution >= 4 is 34.3 Å². The maximum Gasteiger partial charge on any atom is 0.349 e. The summed E-state index contributed by atoms with van der Waals surface area (Å²) in [5.74, 6) is 0.662. The van der Waals surface area contributed by atoms with Crippen molar-refractivity contribution in [1.29, 1.82) is 0 Å². The van der Waals surface area contributed by atoms with Gasteiger partial charge in [-0.2, -0.15) is 0 Å². The third kappa shape index (κ3) is 7.08. The molecule has 3 N–H and O–H groups in total. The van der Waals surface area contributed by atoms with E-state index in [2.05, 4.69) is 24.1 Å². The van der Waals surface area contributed by atoms with E-state index >= 15 is 0 Å². The largest absolute Gasteiger partial charge is 0.508 e. The molecule has 0 radical (unpaired) electrons. The van der Waals surface area contributed by atoms with Crippen LogP contribution in [0, 0.1) is 19.8 Å². The number of anilines is 1. The molecular weight excluding hydrogens is 789 g/mol. The number of esters is 1. The summed E-state index contributed by atoms with van der Waals surface area (Å²) in [5.41, 5.74) is 2.79. The van der Waals surface area contributed by atoms with Crippen molar-refractivity contribution in [1.82, 2.24) is 5.32 Å². The van der Waals surface area contributed by atoms with Crippen molar-refractivity contribution in [2.75, 3.05) is 18.0 Å². The quantitative estimate of drug-likeness (QED) is 0.0684. The predicted molar refractivity (Wildman–Crippen MR) is 232 cm³/mol. The fourth-order valence-corrected chi connectivity index (χ4v) is 9.24. The second-order valence-electron chi connectivity index (χ2n) is 16.4. The number of benzene rings is 5. The monoisotopic (exact) mass is 834 g/mol. The van der Waals surface area contributed by atoms with Crippen LogP contribution in [0.5, 0.6) is 34.5 Å². The first-order valence-corrected chi connectivity index (χ1v) is 21.0. The molecule has 3 aliphatic rings. The van der Waals surface area contributed by atoms with Crippen LogP contribution in [0.15, 0.2) is 100 Å². The highest BCUT2D eigenvalue weighted by atomic mass is 16.6. The minimum Gasteiger partial charge on any atom is -0.508 e. The van der Waals surface area contributed by atoms with Gasteiger partial charge in [-0.15, -0.1) is 0 Å². The van der Waals surface area contributed by atoms with Gasteiger partial charge < -0.3 is 39.1 Å². The molecule has 3 heterocycles. The molecule has 2 aliphatic heterocycles. The Morgan fingerprint density at radius 2 is 1.48 bits per heavy atom. The molecule has 316 valence electrons. The van der Waals surface area contributed by atoms with Crippen LogP contribution in [0.2, 0.25) is 0 Å². The Balaban J connectivity index is 0.896. The summed E-state index contributed by atoms with van der Waals surface area (Å²) in [6, 6.07) is 25.5. The maximum absolute atomic E-state index is 13.8. The van der Waals surface area contributed by atoms with Crippen LogP contribution in [-0.2, 0) is 10.3 Å². The zero-order chi connectivity index (χ0) is 43.4. The summed E-state index contributed by atoms with van der Waals surface area (Å²) in [7, 11) is 0. The minimum absolute atomic E-state index is 0.0336. The van der Waals surface area contributed by atoms with E-state index in [-0.39, 0.29) is 46.8 Å². The van der Waals surface area contributed by atoms with Crippen molar-refractivity contribution in [3.8, 4) is 34.5 Å². The zero-order valence-corrected chi connectivity index (χ0v) is 34.9. The van der Waals surface area contributed by atoms with Crippen molar-refractivity contribution in [3.63, 3.8) is 0 Å². The van der Waals surface area contributed by atoms with Gasteiger partial charge in [0.2, 0.25) is 0 Å². The molecule has 6 aromatic rings. The van der Waals surface area contributed by atoms with E-state index in [1.54, 1.807) is 74.5 Å². The normalized spacial score (nSPS) is 18.6. The third-order valence-electron chi connectivity index (χ3n) is 12.5. The Morgan fingerprint density at radius 3 is 2.21 bits per heavy atom. The summed E-state index contributed by atoms with van der Waals surface area (Å²) < 4.78 is 24.4. The average Bonchev–Trinajstić information content (AvgIpc) is 3.54. The van der Waals surface area contributed by atoms with Gasteiger partial charge in [-0.3, -0.25) is 9.59 Å². The van der Waals surface area contributed by atoms with Crippen LogP contribution in [0.1, 0.15) is 105 Å². The topological polar surface area (TPSA) is 165 Å². The molecule has 62 heavy (non-hydrogen) atoms. The number of carbonyl (C=O) groups excluding carboxylic acids is 3. The Kier molecular flexibility index (Phi) is 10.2. The lowest BCUT2D eigenvalue weighted by Crippen LogP contribution is -2.39. The number of ether oxygens (including phenoxy) is 3. The number of phenolic OH excluding ortho intramolecular Hbond substituents is 2. The van der Waals surface area contributed by atoms with Gasteiger partial charge >= 0.3 is 11.6 Å². The molecule has 12 heteroatoms. The number of rotatable bonds is 10. The number of carbonyl (C=O) groups is 3. The first-order valence-electron chi connectivity index (χ1n) is 21.0. The molecule has 9 rings (SSSR count). The summed E-state index contributed by atoms with van der Waals surface area (Å²) in [6.45, 7) is 9.32. The van der Waals surface area contributed by atoms with Crippen LogP contribution in [-0.4, -0.2) is 47.0 Å². The number of Topliss-reactive ketones (excluding diaryl/α,β-unsaturated/α-hetero) is 1. The Labute approximate surface area is 357 Å². The molecule has 12 nitrogen and oxygen atoms in total. The lowest BCUT2D eigenvalue weighted by molar-refractivity contribution is 0.0224. The Morgan fingerprint density at radius 1 is 0.790 bits per heavy atom. The first-order chi connectivity index (χ1) is 29.8.